The second-order valence-electron chi connectivity index (χ2n) is 5.25. The van der Waals surface area contributed by atoms with E-state index in [0.29, 0.717) is 18.8 Å². The lowest BCUT2D eigenvalue weighted by Gasteiger charge is -2.18. The molecule has 0 aliphatic carbocycles. The molecule has 0 radical (unpaired) electrons. The lowest BCUT2D eigenvalue weighted by molar-refractivity contribution is -0.117. The highest BCUT2D eigenvalue weighted by Crippen LogP contribution is 2.27. The average molecular weight is 364 g/mol. The van der Waals surface area contributed by atoms with Gasteiger partial charge in [0, 0.05) is 16.7 Å². The molecule has 0 bridgehead atoms. The molecule has 1 unspecified atom stereocenters. The molecular weight excluding hydrogens is 349 g/mol. The molecule has 1 aliphatic heterocycles. The van der Waals surface area contributed by atoms with Gasteiger partial charge in [0.1, 0.15) is 11.9 Å². The Balaban J connectivity index is 1.75. The lowest BCUT2D eigenvalue weighted by Crippen LogP contribution is -2.33. The zero-order chi connectivity index (χ0) is 15.7. The predicted octanol–water partition coefficient (Wildman–Crippen LogP) is 3.51. The fraction of sp³-hybridized carbons (Fsp3) is 0.250. The number of carbonyl (C=O) groups is 1. The first kappa shape index (κ1) is 15.0. The summed E-state index contributed by atoms with van der Waals surface area (Å²) in [4.78, 5) is 18.0. The van der Waals surface area contributed by atoms with Crippen molar-refractivity contribution in [3.63, 3.8) is 0 Å². The molecule has 1 aromatic heterocycles. The van der Waals surface area contributed by atoms with E-state index in [1.807, 2.05) is 25.1 Å². The normalized spacial score (nSPS) is 17.9. The Morgan fingerprint density at radius 1 is 1.36 bits per heavy atom. The van der Waals surface area contributed by atoms with Crippen LogP contribution < -0.4 is 10.2 Å². The van der Waals surface area contributed by atoms with Crippen molar-refractivity contribution >= 4 is 33.3 Å². The Hall–Kier alpha value is -1.95. The number of carbonyl (C=O) groups excluding carboxylic acids is 1. The van der Waals surface area contributed by atoms with Crippen LogP contribution in [0, 0.1) is 12.9 Å². The van der Waals surface area contributed by atoms with Crippen LogP contribution in [0.15, 0.2) is 40.9 Å². The molecule has 2 heterocycles. The minimum Gasteiger partial charge on any atom is -0.358 e. The van der Waals surface area contributed by atoms with Gasteiger partial charge in [-0.25, -0.2) is 4.98 Å². The van der Waals surface area contributed by atoms with Gasteiger partial charge < -0.3 is 10.2 Å². The number of rotatable bonds is 3. The van der Waals surface area contributed by atoms with Gasteiger partial charge in [-0.05, 0) is 49.2 Å². The third kappa shape index (κ3) is 2.97. The number of nitrogens with zero attached hydrogens (tertiary/aromatic N) is 2. The molecule has 2 aromatic rings. The van der Waals surface area contributed by atoms with Crippen LogP contribution in [0.1, 0.15) is 12.0 Å². The number of anilines is 2. The standard InChI is InChI=1S/C16H15BrFN3O/c1-10-9-11(5-6-12(10)17)21-8-7-13(16(21)22)19-15-4-2-3-14(18)20-15/h2-6,9,13H,7-8H2,1H3,(H,19,20). The minimum absolute atomic E-state index is 0.0206. The van der Waals surface area contributed by atoms with Crippen LogP contribution in [-0.4, -0.2) is 23.5 Å². The number of halogens is 2. The monoisotopic (exact) mass is 363 g/mol. The summed E-state index contributed by atoms with van der Waals surface area (Å²) in [5, 5.41) is 3.01. The van der Waals surface area contributed by atoms with E-state index in [4.69, 9.17) is 0 Å². The maximum absolute atomic E-state index is 13.1. The summed E-state index contributed by atoms with van der Waals surface area (Å²) in [6.07, 6.45) is 0.659. The highest BCUT2D eigenvalue weighted by atomic mass is 79.9. The van der Waals surface area contributed by atoms with Crippen molar-refractivity contribution in [2.45, 2.75) is 19.4 Å². The molecule has 1 atom stereocenters. The van der Waals surface area contributed by atoms with E-state index in [9.17, 15) is 9.18 Å². The molecule has 22 heavy (non-hydrogen) atoms. The lowest BCUT2D eigenvalue weighted by atomic mass is 10.2. The zero-order valence-corrected chi connectivity index (χ0v) is 13.6. The summed E-state index contributed by atoms with van der Waals surface area (Å²) in [6.45, 7) is 2.62. The first-order valence-corrected chi connectivity index (χ1v) is 7.80. The molecule has 3 rings (SSSR count). The summed E-state index contributed by atoms with van der Waals surface area (Å²) in [6, 6.07) is 9.95. The number of hydrogen-bond acceptors (Lipinski definition) is 3. The first-order chi connectivity index (χ1) is 10.5. The molecule has 6 heteroatoms. The Kier molecular flexibility index (Phi) is 4.11. The van der Waals surface area contributed by atoms with E-state index in [1.54, 1.807) is 17.0 Å². The average Bonchev–Trinajstić information content (AvgIpc) is 2.83. The number of hydrogen-bond donors (Lipinski definition) is 1. The van der Waals surface area contributed by atoms with Crippen molar-refractivity contribution in [2.24, 2.45) is 0 Å². The highest BCUT2D eigenvalue weighted by molar-refractivity contribution is 9.10. The number of amides is 1. The van der Waals surface area contributed by atoms with Gasteiger partial charge in [0.25, 0.3) is 0 Å². The van der Waals surface area contributed by atoms with Crippen LogP contribution in [0.3, 0.4) is 0 Å². The molecule has 0 spiro atoms. The molecule has 1 N–H and O–H groups in total. The summed E-state index contributed by atoms with van der Waals surface area (Å²) < 4.78 is 14.1. The topological polar surface area (TPSA) is 45.2 Å². The number of aromatic nitrogens is 1. The van der Waals surface area contributed by atoms with Crippen molar-refractivity contribution < 1.29 is 9.18 Å². The van der Waals surface area contributed by atoms with E-state index < -0.39 is 5.95 Å². The number of benzene rings is 1. The smallest absolute Gasteiger partial charge is 0.249 e. The number of nitrogens with one attached hydrogen (secondary N) is 1. The van der Waals surface area contributed by atoms with Crippen LogP contribution in [0.4, 0.5) is 15.9 Å². The van der Waals surface area contributed by atoms with Crippen LogP contribution in [-0.2, 0) is 4.79 Å². The van der Waals surface area contributed by atoms with Gasteiger partial charge in [0.2, 0.25) is 11.9 Å². The van der Waals surface area contributed by atoms with Crippen LogP contribution >= 0.6 is 15.9 Å². The van der Waals surface area contributed by atoms with E-state index in [0.717, 1.165) is 15.7 Å². The van der Waals surface area contributed by atoms with Gasteiger partial charge in [-0.1, -0.05) is 22.0 Å². The molecule has 1 aliphatic rings. The largest absolute Gasteiger partial charge is 0.358 e. The second kappa shape index (κ2) is 6.04. The molecule has 1 amide bonds. The summed E-state index contributed by atoms with van der Waals surface area (Å²) >= 11 is 3.46. The van der Waals surface area contributed by atoms with Crippen LogP contribution in [0.2, 0.25) is 0 Å². The van der Waals surface area contributed by atoms with Gasteiger partial charge in [-0.3, -0.25) is 4.79 Å². The van der Waals surface area contributed by atoms with Crippen molar-refractivity contribution in [3.8, 4) is 0 Å². The van der Waals surface area contributed by atoms with Crippen molar-refractivity contribution in [3.05, 3.63) is 52.4 Å². The second-order valence-corrected chi connectivity index (χ2v) is 6.11. The van der Waals surface area contributed by atoms with Gasteiger partial charge in [-0.15, -0.1) is 0 Å². The van der Waals surface area contributed by atoms with E-state index in [1.165, 1.54) is 6.07 Å². The molecule has 1 aromatic carbocycles. The maximum Gasteiger partial charge on any atom is 0.249 e. The minimum atomic E-state index is -0.559. The Labute approximate surface area is 136 Å². The summed E-state index contributed by atoms with van der Waals surface area (Å²) in [7, 11) is 0. The van der Waals surface area contributed by atoms with E-state index >= 15 is 0 Å². The van der Waals surface area contributed by atoms with Crippen molar-refractivity contribution in [2.75, 3.05) is 16.8 Å². The first-order valence-electron chi connectivity index (χ1n) is 7.01. The van der Waals surface area contributed by atoms with Crippen LogP contribution in [0.25, 0.3) is 0 Å². The molecule has 1 fully saturated rings. The fourth-order valence-corrected chi connectivity index (χ4v) is 2.78. The number of pyridine rings is 1. The molecule has 114 valence electrons. The van der Waals surface area contributed by atoms with Gasteiger partial charge in [-0.2, -0.15) is 4.39 Å². The Bertz CT molecular complexity index is 722. The SMILES string of the molecule is Cc1cc(N2CCC(Nc3cccc(F)n3)C2=O)ccc1Br. The predicted molar refractivity (Wildman–Crippen MR) is 87.5 cm³/mol. The zero-order valence-electron chi connectivity index (χ0n) is 12.0. The van der Waals surface area contributed by atoms with Gasteiger partial charge >= 0.3 is 0 Å². The summed E-state index contributed by atoms with van der Waals surface area (Å²) in [5.41, 5.74) is 1.95. The maximum atomic E-state index is 13.1. The highest BCUT2D eigenvalue weighted by Gasteiger charge is 2.32. The number of aryl methyl sites for hydroxylation is 1. The van der Waals surface area contributed by atoms with Crippen molar-refractivity contribution in [1.29, 1.82) is 0 Å². The third-order valence-electron chi connectivity index (χ3n) is 3.70. The van der Waals surface area contributed by atoms with Crippen molar-refractivity contribution in [1.82, 2.24) is 4.98 Å². The Morgan fingerprint density at radius 3 is 2.91 bits per heavy atom. The van der Waals surface area contributed by atoms with Gasteiger partial charge in [0.05, 0.1) is 0 Å². The van der Waals surface area contributed by atoms with E-state index in [2.05, 4.69) is 26.2 Å². The fourth-order valence-electron chi connectivity index (χ4n) is 2.53. The quantitative estimate of drug-likeness (QED) is 0.848. The third-order valence-corrected chi connectivity index (χ3v) is 4.59. The van der Waals surface area contributed by atoms with E-state index in [-0.39, 0.29) is 11.9 Å². The molecule has 1 saturated heterocycles. The van der Waals surface area contributed by atoms with Crippen LogP contribution in [0.5, 0.6) is 0 Å². The summed E-state index contributed by atoms with van der Waals surface area (Å²) in [5.74, 6) is -0.198. The molecule has 4 nitrogen and oxygen atoms in total. The molecule has 0 saturated carbocycles. The molecular formula is C16H15BrFN3O. The Morgan fingerprint density at radius 2 is 2.18 bits per heavy atom. The van der Waals surface area contributed by atoms with Gasteiger partial charge in [0.15, 0.2) is 0 Å².